The molecule has 1 aromatic carbocycles. The Morgan fingerprint density at radius 3 is 2.53 bits per heavy atom. The van der Waals surface area contributed by atoms with Crippen LogP contribution >= 0.6 is 0 Å². The van der Waals surface area contributed by atoms with Crippen molar-refractivity contribution >= 4 is 11.9 Å². The number of hydrogen-bond donors (Lipinski definition) is 0. The molecule has 0 aromatic heterocycles. The van der Waals surface area contributed by atoms with Crippen LogP contribution in [0.15, 0.2) is 18.2 Å². The minimum absolute atomic E-state index is 0.0781. The van der Waals surface area contributed by atoms with E-state index < -0.39 is 0 Å². The van der Waals surface area contributed by atoms with Crippen LogP contribution in [-0.2, 0) is 17.6 Å². The first kappa shape index (κ1) is 13.6. The van der Waals surface area contributed by atoms with Gasteiger partial charge in [0.25, 0.3) is 0 Å². The molecule has 0 spiro atoms. The number of amides is 1. The monoisotopic (exact) mass is 261 g/mol. The molecule has 2 rings (SSSR count). The summed E-state index contributed by atoms with van der Waals surface area (Å²) >= 11 is 0. The highest BCUT2D eigenvalue weighted by molar-refractivity contribution is 5.94. The van der Waals surface area contributed by atoms with Crippen LogP contribution in [0.3, 0.4) is 0 Å². The molecule has 1 heterocycles. The normalized spacial score (nSPS) is 14.5. The molecule has 102 valence electrons. The zero-order chi connectivity index (χ0) is 13.8. The van der Waals surface area contributed by atoms with Gasteiger partial charge in [0.1, 0.15) is 0 Å². The summed E-state index contributed by atoms with van der Waals surface area (Å²) in [5, 5.41) is 0. The van der Waals surface area contributed by atoms with Crippen molar-refractivity contribution in [3.8, 4) is 0 Å². The first-order valence-electron chi connectivity index (χ1n) is 6.66. The molecule has 0 unspecified atom stereocenters. The van der Waals surface area contributed by atoms with E-state index in [2.05, 4.69) is 0 Å². The number of carbonyl (C=O) groups excluding carboxylic acids is 2. The Kier molecular flexibility index (Phi) is 4.20. The summed E-state index contributed by atoms with van der Waals surface area (Å²) < 4.78 is 5.03. The van der Waals surface area contributed by atoms with Gasteiger partial charge in [-0.25, -0.2) is 4.79 Å². The van der Waals surface area contributed by atoms with Crippen molar-refractivity contribution in [1.29, 1.82) is 0 Å². The Morgan fingerprint density at radius 2 is 1.89 bits per heavy atom. The van der Waals surface area contributed by atoms with Crippen LogP contribution < -0.4 is 0 Å². The van der Waals surface area contributed by atoms with E-state index in [4.69, 9.17) is 4.74 Å². The third kappa shape index (κ3) is 3.13. The van der Waals surface area contributed by atoms with Gasteiger partial charge >= 0.3 is 6.09 Å². The van der Waals surface area contributed by atoms with Crippen molar-refractivity contribution in [2.75, 3.05) is 19.7 Å². The molecule has 4 heteroatoms. The molecule has 0 aliphatic carbocycles. The summed E-state index contributed by atoms with van der Waals surface area (Å²) in [6, 6.07) is 5.81. The molecule has 1 aliphatic heterocycles. The van der Waals surface area contributed by atoms with Crippen LogP contribution in [0.1, 0.15) is 35.3 Å². The van der Waals surface area contributed by atoms with Crippen LogP contribution in [0.5, 0.6) is 0 Å². The fourth-order valence-electron chi connectivity index (χ4n) is 2.34. The number of benzene rings is 1. The van der Waals surface area contributed by atoms with Gasteiger partial charge in [0.15, 0.2) is 5.78 Å². The van der Waals surface area contributed by atoms with E-state index >= 15 is 0 Å². The molecule has 1 amide bonds. The first-order chi connectivity index (χ1) is 9.11. The van der Waals surface area contributed by atoms with Gasteiger partial charge in [-0.1, -0.05) is 12.1 Å². The van der Waals surface area contributed by atoms with Crippen molar-refractivity contribution < 1.29 is 14.3 Å². The first-order valence-corrected chi connectivity index (χ1v) is 6.66. The Morgan fingerprint density at radius 1 is 1.21 bits per heavy atom. The quantitative estimate of drug-likeness (QED) is 0.768. The molecule has 4 nitrogen and oxygen atoms in total. The predicted molar refractivity (Wildman–Crippen MR) is 72.4 cm³/mol. The smallest absolute Gasteiger partial charge is 0.409 e. The number of fused-ring (bicyclic) bond motifs is 1. The van der Waals surface area contributed by atoms with Crippen molar-refractivity contribution in [3.63, 3.8) is 0 Å². The van der Waals surface area contributed by atoms with Crippen molar-refractivity contribution in [2.45, 2.75) is 26.7 Å². The van der Waals surface area contributed by atoms with Crippen molar-refractivity contribution in [3.05, 3.63) is 34.9 Å². The number of nitrogens with zero attached hydrogens (tertiary/aromatic N) is 1. The lowest BCUT2D eigenvalue weighted by Crippen LogP contribution is -2.33. The maximum Gasteiger partial charge on any atom is 0.409 e. The number of Topliss-reactive ketones (excluding diaryl/α,β-unsaturated/α-hetero) is 1. The van der Waals surface area contributed by atoms with Crippen molar-refractivity contribution in [2.24, 2.45) is 0 Å². The van der Waals surface area contributed by atoms with E-state index in [0.717, 1.165) is 18.4 Å². The van der Waals surface area contributed by atoms with Gasteiger partial charge in [-0.2, -0.15) is 0 Å². The molecule has 0 fully saturated rings. The molecule has 1 aromatic rings. The second-order valence-corrected chi connectivity index (χ2v) is 4.73. The van der Waals surface area contributed by atoms with E-state index in [0.29, 0.717) is 19.7 Å². The van der Waals surface area contributed by atoms with E-state index in [1.807, 2.05) is 25.1 Å². The summed E-state index contributed by atoms with van der Waals surface area (Å²) in [4.78, 5) is 24.9. The van der Waals surface area contributed by atoms with Crippen LogP contribution in [0, 0.1) is 0 Å². The second-order valence-electron chi connectivity index (χ2n) is 4.73. The van der Waals surface area contributed by atoms with Gasteiger partial charge in [0, 0.05) is 18.7 Å². The van der Waals surface area contributed by atoms with Crippen LogP contribution in [0.4, 0.5) is 4.79 Å². The fraction of sp³-hybridized carbons (Fsp3) is 0.467. The Bertz CT molecular complexity index is 496. The summed E-state index contributed by atoms with van der Waals surface area (Å²) in [6.07, 6.45) is 1.34. The number of rotatable bonds is 2. The predicted octanol–water partition coefficient (Wildman–Crippen LogP) is 2.45. The molecule has 0 atom stereocenters. The average Bonchev–Trinajstić information content (AvgIpc) is 2.60. The maximum absolute atomic E-state index is 11.7. The van der Waals surface area contributed by atoms with Gasteiger partial charge in [-0.3, -0.25) is 4.79 Å². The number of ketones is 1. The van der Waals surface area contributed by atoms with E-state index in [9.17, 15) is 9.59 Å². The molecule has 0 saturated heterocycles. The minimum atomic E-state index is -0.248. The highest BCUT2D eigenvalue weighted by atomic mass is 16.6. The zero-order valence-corrected chi connectivity index (χ0v) is 11.4. The van der Waals surface area contributed by atoms with E-state index in [1.54, 1.807) is 11.8 Å². The van der Waals surface area contributed by atoms with Crippen molar-refractivity contribution in [1.82, 2.24) is 4.90 Å². The van der Waals surface area contributed by atoms with Gasteiger partial charge in [-0.15, -0.1) is 0 Å². The van der Waals surface area contributed by atoms with Gasteiger partial charge in [0.2, 0.25) is 0 Å². The zero-order valence-electron chi connectivity index (χ0n) is 11.4. The standard InChI is InChI=1S/C15H19NO3/c1-3-19-15(18)16-8-6-12-4-5-13(11(2)17)10-14(12)7-9-16/h4-5,10H,3,6-9H2,1-2H3. The fourth-order valence-corrected chi connectivity index (χ4v) is 2.34. The van der Waals surface area contributed by atoms with Crippen LogP contribution in [-0.4, -0.2) is 36.5 Å². The van der Waals surface area contributed by atoms with Crippen LogP contribution in [0.25, 0.3) is 0 Å². The Hall–Kier alpha value is -1.84. The molecular weight excluding hydrogens is 242 g/mol. The second kappa shape index (κ2) is 5.87. The molecule has 0 N–H and O–H groups in total. The number of ether oxygens (including phenoxy) is 1. The van der Waals surface area contributed by atoms with E-state index in [1.165, 1.54) is 11.1 Å². The van der Waals surface area contributed by atoms with Crippen LogP contribution in [0.2, 0.25) is 0 Å². The van der Waals surface area contributed by atoms with Gasteiger partial charge < -0.3 is 9.64 Å². The van der Waals surface area contributed by atoms with E-state index in [-0.39, 0.29) is 11.9 Å². The topological polar surface area (TPSA) is 46.6 Å². The molecular formula is C15H19NO3. The lowest BCUT2D eigenvalue weighted by molar-refractivity contribution is 0.101. The van der Waals surface area contributed by atoms with Gasteiger partial charge in [0.05, 0.1) is 6.61 Å². The largest absolute Gasteiger partial charge is 0.450 e. The third-order valence-electron chi connectivity index (χ3n) is 3.44. The SMILES string of the molecule is CCOC(=O)N1CCc2ccc(C(C)=O)cc2CC1. The Balaban J connectivity index is 2.13. The summed E-state index contributed by atoms with van der Waals surface area (Å²) in [5.74, 6) is 0.0781. The Labute approximate surface area is 113 Å². The summed E-state index contributed by atoms with van der Waals surface area (Å²) in [6.45, 7) is 5.10. The third-order valence-corrected chi connectivity index (χ3v) is 3.44. The number of carbonyl (C=O) groups is 2. The highest BCUT2D eigenvalue weighted by Gasteiger charge is 2.19. The molecule has 0 bridgehead atoms. The summed E-state index contributed by atoms with van der Waals surface area (Å²) in [5.41, 5.74) is 3.12. The maximum atomic E-state index is 11.7. The highest BCUT2D eigenvalue weighted by Crippen LogP contribution is 2.18. The lowest BCUT2D eigenvalue weighted by Gasteiger charge is -2.18. The average molecular weight is 261 g/mol. The van der Waals surface area contributed by atoms with Gasteiger partial charge in [-0.05, 0) is 43.9 Å². The summed E-state index contributed by atoms with van der Waals surface area (Å²) in [7, 11) is 0. The molecule has 19 heavy (non-hydrogen) atoms. The number of hydrogen-bond acceptors (Lipinski definition) is 3. The lowest BCUT2D eigenvalue weighted by atomic mass is 9.99. The minimum Gasteiger partial charge on any atom is -0.450 e. The molecule has 0 radical (unpaired) electrons. The molecule has 0 saturated carbocycles. The molecule has 1 aliphatic rings.